The molecule has 1 fully saturated rings. The molecule has 0 spiro atoms. The fourth-order valence-corrected chi connectivity index (χ4v) is 5.76. The summed E-state index contributed by atoms with van der Waals surface area (Å²) in [5.74, 6) is 2.32. The van der Waals surface area contributed by atoms with Crippen molar-refractivity contribution in [3.8, 4) is 5.75 Å². The number of thioether (sulfide) groups is 2. The van der Waals surface area contributed by atoms with E-state index in [4.69, 9.17) is 16.3 Å². The smallest absolute Gasteiger partial charge is 0.157 e. The van der Waals surface area contributed by atoms with Gasteiger partial charge in [-0.1, -0.05) is 47.3 Å². The minimum atomic E-state index is -0.273. The Balaban J connectivity index is 1.49. The van der Waals surface area contributed by atoms with Gasteiger partial charge in [0.15, 0.2) is 10.3 Å². The summed E-state index contributed by atoms with van der Waals surface area (Å²) in [6, 6.07) is 9.09. The van der Waals surface area contributed by atoms with Gasteiger partial charge in [-0.15, -0.1) is 0 Å². The lowest BCUT2D eigenvalue weighted by atomic mass is 10.0. The van der Waals surface area contributed by atoms with Crippen LogP contribution in [0.3, 0.4) is 0 Å². The number of nitrogens with one attached hydrogen (secondary N) is 2. The molecule has 0 radical (unpaired) electrons. The number of halogens is 3. The van der Waals surface area contributed by atoms with Gasteiger partial charge in [0.1, 0.15) is 11.6 Å². The maximum atomic E-state index is 14.2. The fourth-order valence-electron chi connectivity index (χ4n) is 3.41. The summed E-state index contributed by atoms with van der Waals surface area (Å²) in [4.78, 5) is 8.99. The average Bonchev–Trinajstić information content (AvgIpc) is 3.45. The van der Waals surface area contributed by atoms with Crippen LogP contribution in [-0.2, 0) is 13.1 Å². The van der Waals surface area contributed by atoms with Crippen LogP contribution in [-0.4, -0.2) is 35.5 Å². The first kappa shape index (κ1) is 22.8. The van der Waals surface area contributed by atoms with Gasteiger partial charge in [-0.05, 0) is 34.1 Å². The van der Waals surface area contributed by atoms with E-state index in [1.54, 1.807) is 42.8 Å². The molecule has 0 aromatic heterocycles. The third-order valence-corrected chi connectivity index (χ3v) is 7.65. The Morgan fingerprint density at radius 2 is 2.23 bits per heavy atom. The van der Waals surface area contributed by atoms with Crippen molar-refractivity contribution in [2.45, 2.75) is 19.1 Å². The van der Waals surface area contributed by atoms with Gasteiger partial charge in [-0.25, -0.2) is 4.39 Å². The fraction of sp³-hybridized carbons (Fsp3) is 0.333. The molecule has 1 atom stereocenters. The Labute approximate surface area is 202 Å². The van der Waals surface area contributed by atoms with Gasteiger partial charge in [0.25, 0.3) is 0 Å². The third-order valence-electron chi connectivity index (χ3n) is 4.86. The topological polar surface area (TPSA) is 58.0 Å². The van der Waals surface area contributed by atoms with Crippen molar-refractivity contribution >= 4 is 61.4 Å². The maximum Gasteiger partial charge on any atom is 0.157 e. The first-order valence-corrected chi connectivity index (χ1v) is 12.8. The molecule has 0 aliphatic carbocycles. The van der Waals surface area contributed by atoms with Crippen LogP contribution in [0, 0.1) is 5.82 Å². The van der Waals surface area contributed by atoms with Gasteiger partial charge >= 0.3 is 0 Å². The number of amidine groups is 2. The SMILES string of the molecule is COc1c(CNC2=NCCS2)cc(Cl)cc1C1CSC(=NCc2cccc(Br)c2F)N1. The summed E-state index contributed by atoms with van der Waals surface area (Å²) in [5, 5.41) is 9.18. The Morgan fingerprint density at radius 1 is 1.35 bits per heavy atom. The second-order valence-corrected chi connectivity index (χ2v) is 10.3. The standard InChI is InChI=1S/C21H21BrClFN4OS2/c1-29-19-13(10-26-20-25-5-6-30-20)7-14(23)8-15(19)17-11-31-21(28-17)27-9-12-3-2-4-16(22)18(12)24/h2-4,7-8,17H,5-6,9-11H2,1H3,(H,25,26)(H,27,28). The third kappa shape index (κ3) is 5.50. The van der Waals surface area contributed by atoms with E-state index in [-0.39, 0.29) is 18.4 Å². The molecule has 0 saturated carbocycles. The minimum absolute atomic E-state index is 0.00158. The highest BCUT2D eigenvalue weighted by atomic mass is 79.9. The second-order valence-electron chi connectivity index (χ2n) is 6.92. The number of benzene rings is 2. The average molecular weight is 544 g/mol. The molecule has 2 aliphatic heterocycles. The summed E-state index contributed by atoms with van der Waals surface area (Å²) in [5.41, 5.74) is 2.52. The van der Waals surface area contributed by atoms with Gasteiger partial charge in [0.05, 0.1) is 30.7 Å². The van der Waals surface area contributed by atoms with Gasteiger partial charge in [0.2, 0.25) is 0 Å². The largest absolute Gasteiger partial charge is 0.496 e. The first-order chi connectivity index (χ1) is 15.0. The van der Waals surface area contributed by atoms with Crippen molar-refractivity contribution in [2.75, 3.05) is 25.2 Å². The van der Waals surface area contributed by atoms with Crippen molar-refractivity contribution in [1.29, 1.82) is 0 Å². The lowest BCUT2D eigenvalue weighted by Crippen LogP contribution is -2.22. The highest BCUT2D eigenvalue weighted by Crippen LogP contribution is 2.37. The van der Waals surface area contributed by atoms with Gasteiger partial charge < -0.3 is 15.4 Å². The zero-order valence-corrected chi connectivity index (χ0v) is 20.7. The van der Waals surface area contributed by atoms with Crippen LogP contribution in [0.5, 0.6) is 5.75 Å². The minimum Gasteiger partial charge on any atom is -0.496 e. The summed E-state index contributed by atoms with van der Waals surface area (Å²) < 4.78 is 20.4. The molecule has 2 aromatic rings. The molecular formula is C21H21BrClFN4OS2. The summed E-state index contributed by atoms with van der Waals surface area (Å²) in [6.07, 6.45) is 0. The molecule has 0 bridgehead atoms. The number of aliphatic imine (C=N–C) groups is 2. The number of hydrogen-bond acceptors (Lipinski definition) is 6. The van der Waals surface area contributed by atoms with Crippen molar-refractivity contribution in [3.05, 3.63) is 62.3 Å². The van der Waals surface area contributed by atoms with Crippen LogP contribution in [0.4, 0.5) is 4.39 Å². The van der Waals surface area contributed by atoms with Crippen LogP contribution in [0.15, 0.2) is 44.8 Å². The lowest BCUT2D eigenvalue weighted by molar-refractivity contribution is 0.400. The van der Waals surface area contributed by atoms with E-state index in [1.165, 1.54) is 0 Å². The summed E-state index contributed by atoms with van der Waals surface area (Å²) >= 11 is 13.0. The maximum absolute atomic E-state index is 14.2. The molecular weight excluding hydrogens is 523 g/mol. The van der Waals surface area contributed by atoms with E-state index in [1.807, 2.05) is 18.2 Å². The number of rotatable bonds is 6. The first-order valence-electron chi connectivity index (χ1n) is 9.69. The van der Waals surface area contributed by atoms with Crippen LogP contribution < -0.4 is 15.4 Å². The van der Waals surface area contributed by atoms with Gasteiger partial charge in [-0.2, -0.15) is 0 Å². The van der Waals surface area contributed by atoms with Crippen LogP contribution >= 0.6 is 51.1 Å². The summed E-state index contributed by atoms with van der Waals surface area (Å²) in [7, 11) is 1.67. The van der Waals surface area contributed by atoms with Gasteiger partial charge in [-0.3, -0.25) is 9.98 Å². The summed E-state index contributed by atoms with van der Waals surface area (Å²) in [6.45, 7) is 1.71. The molecule has 4 rings (SSSR count). The Morgan fingerprint density at radius 3 is 3.00 bits per heavy atom. The molecule has 164 valence electrons. The molecule has 0 amide bonds. The van der Waals surface area contributed by atoms with Crippen LogP contribution in [0.2, 0.25) is 5.02 Å². The molecule has 2 heterocycles. The molecule has 2 N–H and O–H groups in total. The number of methoxy groups -OCH3 is 1. The van der Waals surface area contributed by atoms with Crippen molar-refractivity contribution in [2.24, 2.45) is 9.98 Å². The molecule has 1 unspecified atom stereocenters. The molecule has 1 saturated heterocycles. The zero-order chi connectivity index (χ0) is 21.8. The molecule has 31 heavy (non-hydrogen) atoms. The number of nitrogens with zero attached hydrogens (tertiary/aromatic N) is 2. The van der Waals surface area contributed by atoms with E-state index in [2.05, 4.69) is 36.5 Å². The number of hydrogen-bond donors (Lipinski definition) is 2. The highest BCUT2D eigenvalue weighted by molar-refractivity contribution is 9.10. The van der Waals surface area contributed by atoms with Crippen molar-refractivity contribution in [1.82, 2.24) is 10.6 Å². The molecule has 2 aromatic carbocycles. The second kappa shape index (κ2) is 10.5. The number of ether oxygens (including phenoxy) is 1. The zero-order valence-electron chi connectivity index (χ0n) is 16.8. The van der Waals surface area contributed by atoms with Crippen molar-refractivity contribution < 1.29 is 9.13 Å². The lowest BCUT2D eigenvalue weighted by Gasteiger charge is -2.19. The predicted molar refractivity (Wildman–Crippen MR) is 133 cm³/mol. The highest BCUT2D eigenvalue weighted by Gasteiger charge is 2.26. The van der Waals surface area contributed by atoms with E-state index in [0.29, 0.717) is 21.6 Å². The Bertz CT molecular complexity index is 1040. The Hall–Kier alpha value is -1.42. The molecule has 10 heteroatoms. The van der Waals surface area contributed by atoms with Crippen molar-refractivity contribution in [3.63, 3.8) is 0 Å². The monoisotopic (exact) mass is 542 g/mol. The van der Waals surface area contributed by atoms with Crippen LogP contribution in [0.1, 0.15) is 22.7 Å². The van der Waals surface area contributed by atoms with E-state index < -0.39 is 0 Å². The normalized spacial score (nSPS) is 19.4. The van der Waals surface area contributed by atoms with Gasteiger partial charge in [0, 0.05) is 39.8 Å². The predicted octanol–water partition coefficient (Wildman–Crippen LogP) is 5.38. The van der Waals surface area contributed by atoms with Crippen LogP contribution in [0.25, 0.3) is 0 Å². The quantitative estimate of drug-likeness (QED) is 0.513. The van der Waals surface area contributed by atoms with E-state index >= 15 is 0 Å². The van der Waals surface area contributed by atoms with E-state index in [9.17, 15) is 4.39 Å². The Kier molecular flexibility index (Phi) is 7.68. The molecule has 5 nitrogen and oxygen atoms in total. The van der Waals surface area contributed by atoms with E-state index in [0.717, 1.165) is 45.3 Å². The molecule has 2 aliphatic rings.